The van der Waals surface area contributed by atoms with Crippen LogP contribution in [0.15, 0.2) is 23.4 Å². The normalized spacial score (nSPS) is 10.6. The first-order chi connectivity index (χ1) is 7.11. The molecule has 0 saturated heterocycles. The Morgan fingerprint density at radius 2 is 2.00 bits per heavy atom. The van der Waals surface area contributed by atoms with Crippen molar-refractivity contribution in [1.29, 1.82) is 0 Å². The van der Waals surface area contributed by atoms with Gasteiger partial charge < -0.3 is 4.84 Å². The SMILES string of the molecule is O=C(Cl)CON=Cc1c(Cl)cccc1Cl. The van der Waals surface area contributed by atoms with E-state index in [-0.39, 0.29) is 6.61 Å². The van der Waals surface area contributed by atoms with E-state index in [9.17, 15) is 4.79 Å². The van der Waals surface area contributed by atoms with Crippen LogP contribution in [0.25, 0.3) is 0 Å². The van der Waals surface area contributed by atoms with Crippen LogP contribution in [0.4, 0.5) is 0 Å². The largest absolute Gasteiger partial charge is 0.386 e. The number of carbonyl (C=O) groups excluding carboxylic acids is 1. The summed E-state index contributed by atoms with van der Waals surface area (Å²) < 4.78 is 0. The van der Waals surface area contributed by atoms with Gasteiger partial charge in [-0.1, -0.05) is 34.4 Å². The quantitative estimate of drug-likeness (QED) is 0.477. The van der Waals surface area contributed by atoms with Crippen molar-refractivity contribution in [3.63, 3.8) is 0 Å². The number of rotatable bonds is 4. The second kappa shape index (κ2) is 5.95. The maximum atomic E-state index is 10.3. The van der Waals surface area contributed by atoms with Gasteiger partial charge in [0.1, 0.15) is 0 Å². The topological polar surface area (TPSA) is 38.7 Å². The lowest BCUT2D eigenvalue weighted by Gasteiger charge is -1.99. The molecule has 0 saturated carbocycles. The zero-order valence-corrected chi connectivity index (χ0v) is 9.68. The molecule has 15 heavy (non-hydrogen) atoms. The van der Waals surface area contributed by atoms with E-state index in [0.29, 0.717) is 15.6 Å². The first kappa shape index (κ1) is 12.3. The second-order valence-corrected chi connectivity index (χ2v) is 3.73. The summed E-state index contributed by atoms with van der Waals surface area (Å²) in [7, 11) is 0. The lowest BCUT2D eigenvalue weighted by molar-refractivity contribution is -0.115. The van der Waals surface area contributed by atoms with Crippen LogP contribution in [-0.4, -0.2) is 18.1 Å². The van der Waals surface area contributed by atoms with Crippen LogP contribution in [0.2, 0.25) is 10.0 Å². The summed E-state index contributed by atoms with van der Waals surface area (Å²) in [6, 6.07) is 5.05. The van der Waals surface area contributed by atoms with Crippen molar-refractivity contribution in [2.75, 3.05) is 6.61 Å². The molecule has 6 heteroatoms. The Kier molecular flexibility index (Phi) is 4.88. The molecule has 1 aromatic carbocycles. The Balaban J connectivity index is 2.67. The molecule has 0 aliphatic carbocycles. The van der Waals surface area contributed by atoms with Crippen LogP contribution >= 0.6 is 34.8 Å². The van der Waals surface area contributed by atoms with Crippen molar-refractivity contribution in [1.82, 2.24) is 0 Å². The fourth-order valence-corrected chi connectivity index (χ4v) is 1.36. The van der Waals surface area contributed by atoms with Crippen molar-refractivity contribution in [2.24, 2.45) is 5.16 Å². The number of oxime groups is 1. The Bertz CT molecular complexity index is 373. The fourth-order valence-electron chi connectivity index (χ4n) is 0.812. The molecule has 0 spiro atoms. The average molecular weight is 267 g/mol. The van der Waals surface area contributed by atoms with Gasteiger partial charge >= 0.3 is 0 Å². The highest BCUT2D eigenvalue weighted by molar-refractivity contribution is 6.63. The van der Waals surface area contributed by atoms with Crippen molar-refractivity contribution in [3.8, 4) is 0 Å². The minimum Gasteiger partial charge on any atom is -0.386 e. The van der Waals surface area contributed by atoms with Crippen molar-refractivity contribution in [3.05, 3.63) is 33.8 Å². The predicted molar refractivity (Wildman–Crippen MR) is 60.9 cm³/mol. The molecule has 0 aliphatic rings. The average Bonchev–Trinajstić information content (AvgIpc) is 2.15. The summed E-state index contributed by atoms with van der Waals surface area (Å²) in [6.45, 7) is -0.292. The van der Waals surface area contributed by atoms with Gasteiger partial charge in [-0.2, -0.15) is 0 Å². The van der Waals surface area contributed by atoms with Gasteiger partial charge in [0.05, 0.1) is 16.3 Å². The number of benzene rings is 1. The summed E-state index contributed by atoms with van der Waals surface area (Å²) in [5.41, 5.74) is 0.530. The molecule has 0 amide bonds. The van der Waals surface area contributed by atoms with E-state index in [4.69, 9.17) is 34.8 Å². The van der Waals surface area contributed by atoms with E-state index in [1.807, 2.05) is 0 Å². The van der Waals surface area contributed by atoms with E-state index < -0.39 is 5.24 Å². The molecule has 0 aromatic heterocycles. The monoisotopic (exact) mass is 265 g/mol. The standard InChI is InChI=1S/C9H6Cl3NO2/c10-7-2-1-3-8(11)6(7)4-13-15-5-9(12)14/h1-4H,5H2. The van der Waals surface area contributed by atoms with Crippen LogP contribution in [-0.2, 0) is 9.63 Å². The molecule has 0 bridgehead atoms. The number of halogens is 3. The molecule has 80 valence electrons. The van der Waals surface area contributed by atoms with Crippen molar-refractivity contribution < 1.29 is 9.63 Å². The zero-order chi connectivity index (χ0) is 11.3. The lowest BCUT2D eigenvalue weighted by atomic mass is 10.2. The minimum atomic E-state index is -0.627. The smallest absolute Gasteiger partial charge is 0.262 e. The molecule has 0 N–H and O–H groups in total. The van der Waals surface area contributed by atoms with Gasteiger partial charge in [-0.05, 0) is 23.7 Å². The molecule has 1 rings (SSSR count). The first-order valence-corrected chi connectivity index (χ1v) is 5.02. The highest BCUT2D eigenvalue weighted by Crippen LogP contribution is 2.22. The Labute approximate surface area is 102 Å². The van der Waals surface area contributed by atoms with E-state index in [2.05, 4.69) is 9.99 Å². The van der Waals surface area contributed by atoms with Gasteiger partial charge in [0, 0.05) is 5.56 Å². The van der Waals surface area contributed by atoms with Gasteiger partial charge in [0.15, 0.2) is 6.61 Å². The highest BCUT2D eigenvalue weighted by Gasteiger charge is 2.02. The molecule has 0 heterocycles. The first-order valence-electron chi connectivity index (χ1n) is 3.89. The molecule has 0 unspecified atom stereocenters. The number of hydrogen-bond acceptors (Lipinski definition) is 3. The van der Waals surface area contributed by atoms with Gasteiger partial charge in [0.25, 0.3) is 5.24 Å². The third-order valence-corrected chi connectivity index (χ3v) is 2.20. The maximum Gasteiger partial charge on any atom is 0.262 e. The summed E-state index contributed by atoms with van der Waals surface area (Å²) >= 11 is 16.7. The summed E-state index contributed by atoms with van der Waals surface area (Å²) in [5, 5.41) is 3.78. The fraction of sp³-hybridized carbons (Fsp3) is 0.111. The lowest BCUT2D eigenvalue weighted by Crippen LogP contribution is -1.97. The highest BCUT2D eigenvalue weighted by atomic mass is 35.5. The number of hydrogen-bond donors (Lipinski definition) is 0. The van der Waals surface area contributed by atoms with Crippen LogP contribution in [0.3, 0.4) is 0 Å². The van der Waals surface area contributed by atoms with Crippen LogP contribution in [0, 0.1) is 0 Å². The molecule has 0 atom stereocenters. The predicted octanol–water partition coefficient (Wildman–Crippen LogP) is 3.11. The number of carbonyl (C=O) groups is 1. The van der Waals surface area contributed by atoms with Gasteiger partial charge in [0.2, 0.25) is 0 Å². The summed E-state index contributed by atoms with van der Waals surface area (Å²) in [4.78, 5) is 14.9. The van der Waals surface area contributed by atoms with Crippen molar-refractivity contribution in [2.45, 2.75) is 0 Å². The zero-order valence-electron chi connectivity index (χ0n) is 7.41. The molecule has 0 radical (unpaired) electrons. The van der Waals surface area contributed by atoms with E-state index in [1.165, 1.54) is 6.21 Å². The number of nitrogens with zero attached hydrogens (tertiary/aromatic N) is 1. The molecule has 3 nitrogen and oxygen atoms in total. The minimum absolute atomic E-state index is 0.292. The third-order valence-electron chi connectivity index (χ3n) is 1.43. The maximum absolute atomic E-state index is 10.3. The molecule has 1 aromatic rings. The Hall–Kier alpha value is -0.770. The Morgan fingerprint density at radius 3 is 2.53 bits per heavy atom. The summed E-state index contributed by atoms with van der Waals surface area (Å²) in [5.74, 6) is 0. The van der Waals surface area contributed by atoms with Gasteiger partial charge in [-0.3, -0.25) is 4.79 Å². The second-order valence-electron chi connectivity index (χ2n) is 2.50. The molecular weight excluding hydrogens is 260 g/mol. The van der Waals surface area contributed by atoms with Crippen molar-refractivity contribution >= 4 is 46.3 Å². The Morgan fingerprint density at radius 1 is 1.40 bits per heavy atom. The van der Waals surface area contributed by atoms with Gasteiger partial charge in [-0.25, -0.2) is 0 Å². The summed E-state index contributed by atoms with van der Waals surface area (Å²) in [6.07, 6.45) is 1.32. The van der Waals surface area contributed by atoms with E-state index in [1.54, 1.807) is 18.2 Å². The molecular formula is C9H6Cl3NO2. The van der Waals surface area contributed by atoms with Crippen LogP contribution in [0.1, 0.15) is 5.56 Å². The van der Waals surface area contributed by atoms with E-state index >= 15 is 0 Å². The third kappa shape index (κ3) is 4.08. The van der Waals surface area contributed by atoms with Crippen LogP contribution in [0.5, 0.6) is 0 Å². The van der Waals surface area contributed by atoms with Crippen LogP contribution < -0.4 is 0 Å². The van der Waals surface area contributed by atoms with Gasteiger partial charge in [-0.15, -0.1) is 0 Å². The molecule has 0 fully saturated rings. The van der Waals surface area contributed by atoms with E-state index in [0.717, 1.165) is 0 Å². The molecule has 0 aliphatic heterocycles.